The highest BCUT2D eigenvalue weighted by molar-refractivity contribution is 7.89. The van der Waals surface area contributed by atoms with Crippen LogP contribution < -0.4 is 21.7 Å². The maximum Gasteiger partial charge on any atom is 0.209 e. The molecule has 0 aliphatic carbocycles. The number of pyridine rings is 1. The predicted molar refractivity (Wildman–Crippen MR) is 63.1 cm³/mol. The fraction of sp³-hybridized carbons (Fsp3) is 0.375. The summed E-state index contributed by atoms with van der Waals surface area (Å²) in [6.07, 6.45) is 0.431. The molecule has 0 aromatic carbocycles. The van der Waals surface area contributed by atoms with E-state index in [0.717, 1.165) is 0 Å². The molecule has 0 saturated carbocycles. The van der Waals surface area contributed by atoms with Crippen LogP contribution in [0.3, 0.4) is 0 Å². The number of hydrogen-bond donors (Lipinski definition) is 4. The van der Waals surface area contributed by atoms with E-state index in [-0.39, 0.29) is 5.75 Å². The molecular formula is C8H15N5O2S. The summed E-state index contributed by atoms with van der Waals surface area (Å²) in [6, 6.07) is 5.26. The quantitative estimate of drug-likeness (QED) is 0.303. The van der Waals surface area contributed by atoms with E-state index >= 15 is 0 Å². The van der Waals surface area contributed by atoms with Crippen molar-refractivity contribution in [1.82, 2.24) is 4.98 Å². The molecular weight excluding hydrogens is 230 g/mol. The van der Waals surface area contributed by atoms with Gasteiger partial charge in [0.05, 0.1) is 5.75 Å². The summed E-state index contributed by atoms with van der Waals surface area (Å²) in [5.41, 5.74) is 2.42. The number of aromatic nitrogens is 1. The third-order valence-electron chi connectivity index (χ3n) is 1.81. The standard InChI is InChI=1S/C8H15N5O2S/c9-13-8-4-1-3-7(12-8)11-5-2-6-16(10,14)15/h1,3-4H,2,5-6,9H2,(H2,10,14,15)(H2,11,12,13). The van der Waals surface area contributed by atoms with Crippen LogP contribution in [-0.4, -0.2) is 25.7 Å². The van der Waals surface area contributed by atoms with Crippen LogP contribution >= 0.6 is 0 Å². The number of nitrogens with two attached hydrogens (primary N) is 2. The van der Waals surface area contributed by atoms with Gasteiger partial charge in [-0.2, -0.15) is 0 Å². The van der Waals surface area contributed by atoms with E-state index in [0.29, 0.717) is 24.6 Å². The van der Waals surface area contributed by atoms with Gasteiger partial charge in [-0.15, -0.1) is 0 Å². The third-order valence-corrected chi connectivity index (χ3v) is 2.67. The Morgan fingerprint density at radius 3 is 2.62 bits per heavy atom. The lowest BCUT2D eigenvalue weighted by atomic mass is 10.4. The topological polar surface area (TPSA) is 123 Å². The van der Waals surface area contributed by atoms with Gasteiger partial charge in [-0.3, -0.25) is 0 Å². The second-order valence-corrected chi connectivity index (χ2v) is 4.93. The summed E-state index contributed by atoms with van der Waals surface area (Å²) in [4.78, 5) is 4.10. The fourth-order valence-electron chi connectivity index (χ4n) is 1.10. The molecule has 1 aromatic rings. The zero-order chi connectivity index (χ0) is 12.0. The van der Waals surface area contributed by atoms with Gasteiger partial charge in [-0.05, 0) is 18.6 Å². The van der Waals surface area contributed by atoms with Gasteiger partial charge in [-0.1, -0.05) is 6.07 Å². The maximum absolute atomic E-state index is 10.7. The highest BCUT2D eigenvalue weighted by Crippen LogP contribution is 2.07. The van der Waals surface area contributed by atoms with Crippen LogP contribution in [0.5, 0.6) is 0 Å². The Morgan fingerprint density at radius 2 is 2.00 bits per heavy atom. The number of anilines is 2. The molecule has 0 atom stereocenters. The highest BCUT2D eigenvalue weighted by Gasteiger charge is 2.01. The van der Waals surface area contributed by atoms with Crippen LogP contribution in [0.25, 0.3) is 0 Å². The number of primary sulfonamides is 1. The van der Waals surface area contributed by atoms with Crippen molar-refractivity contribution in [2.24, 2.45) is 11.0 Å². The van der Waals surface area contributed by atoms with Gasteiger partial charge in [-0.25, -0.2) is 24.4 Å². The Bertz CT molecular complexity index is 434. The molecule has 0 amide bonds. The molecule has 7 nitrogen and oxygen atoms in total. The van der Waals surface area contributed by atoms with Crippen LogP contribution in [0.4, 0.5) is 11.6 Å². The molecule has 1 heterocycles. The average Bonchev–Trinajstić information content (AvgIpc) is 2.23. The van der Waals surface area contributed by atoms with Crippen LogP contribution in [0.1, 0.15) is 6.42 Å². The molecule has 0 aliphatic heterocycles. The van der Waals surface area contributed by atoms with Crippen molar-refractivity contribution in [3.8, 4) is 0 Å². The van der Waals surface area contributed by atoms with Gasteiger partial charge in [0, 0.05) is 6.54 Å². The van der Waals surface area contributed by atoms with Crippen LogP contribution in [0.2, 0.25) is 0 Å². The monoisotopic (exact) mass is 245 g/mol. The molecule has 0 radical (unpaired) electrons. The largest absolute Gasteiger partial charge is 0.370 e. The average molecular weight is 245 g/mol. The molecule has 0 bridgehead atoms. The van der Waals surface area contributed by atoms with Crippen molar-refractivity contribution in [1.29, 1.82) is 0 Å². The number of rotatable bonds is 6. The van der Waals surface area contributed by atoms with Gasteiger partial charge < -0.3 is 10.7 Å². The minimum Gasteiger partial charge on any atom is -0.370 e. The second-order valence-electron chi connectivity index (χ2n) is 3.20. The lowest BCUT2D eigenvalue weighted by molar-refractivity contribution is 0.595. The summed E-state index contributed by atoms with van der Waals surface area (Å²) < 4.78 is 21.3. The second kappa shape index (κ2) is 5.64. The first-order valence-corrected chi connectivity index (χ1v) is 6.41. The zero-order valence-corrected chi connectivity index (χ0v) is 9.50. The summed E-state index contributed by atoms with van der Waals surface area (Å²) in [5, 5.41) is 7.83. The van der Waals surface area contributed by atoms with Gasteiger partial charge >= 0.3 is 0 Å². The third kappa shape index (κ3) is 4.91. The molecule has 0 spiro atoms. The Balaban J connectivity index is 2.37. The van der Waals surface area contributed by atoms with Gasteiger partial charge in [0.2, 0.25) is 10.0 Å². The lowest BCUT2D eigenvalue weighted by Crippen LogP contribution is -2.19. The van der Waals surface area contributed by atoms with E-state index in [1.165, 1.54) is 0 Å². The molecule has 6 N–H and O–H groups in total. The van der Waals surface area contributed by atoms with Gasteiger partial charge in [0.1, 0.15) is 11.6 Å². The van der Waals surface area contributed by atoms with Crippen molar-refractivity contribution in [2.75, 3.05) is 23.0 Å². The minimum absolute atomic E-state index is 0.0468. The molecule has 16 heavy (non-hydrogen) atoms. The number of nitrogen functional groups attached to an aromatic ring is 1. The number of hydrazine groups is 1. The van der Waals surface area contributed by atoms with Crippen molar-refractivity contribution in [3.63, 3.8) is 0 Å². The first-order chi connectivity index (χ1) is 7.51. The summed E-state index contributed by atoms with van der Waals surface area (Å²) in [7, 11) is -3.38. The summed E-state index contributed by atoms with van der Waals surface area (Å²) in [5.74, 6) is 6.32. The van der Waals surface area contributed by atoms with Crippen molar-refractivity contribution in [2.45, 2.75) is 6.42 Å². The number of hydrogen-bond acceptors (Lipinski definition) is 6. The molecule has 0 saturated heterocycles. The highest BCUT2D eigenvalue weighted by atomic mass is 32.2. The first kappa shape index (κ1) is 12.7. The molecule has 90 valence electrons. The zero-order valence-electron chi connectivity index (χ0n) is 8.68. The Kier molecular flexibility index (Phi) is 4.47. The smallest absolute Gasteiger partial charge is 0.209 e. The molecule has 0 aliphatic rings. The lowest BCUT2D eigenvalue weighted by Gasteiger charge is -2.06. The molecule has 1 rings (SSSR count). The summed E-state index contributed by atoms with van der Waals surface area (Å²) >= 11 is 0. The van der Waals surface area contributed by atoms with Crippen molar-refractivity contribution >= 4 is 21.7 Å². The minimum atomic E-state index is -3.38. The first-order valence-electron chi connectivity index (χ1n) is 4.69. The molecule has 1 aromatic heterocycles. The Morgan fingerprint density at radius 1 is 1.31 bits per heavy atom. The van der Waals surface area contributed by atoms with E-state index < -0.39 is 10.0 Å². The predicted octanol–water partition coefficient (Wildman–Crippen LogP) is -0.542. The van der Waals surface area contributed by atoms with E-state index in [1.54, 1.807) is 18.2 Å². The van der Waals surface area contributed by atoms with E-state index in [9.17, 15) is 8.42 Å². The van der Waals surface area contributed by atoms with Gasteiger partial charge in [0.15, 0.2) is 0 Å². The van der Waals surface area contributed by atoms with Crippen molar-refractivity contribution in [3.05, 3.63) is 18.2 Å². The Hall–Kier alpha value is -1.38. The molecule has 0 fully saturated rings. The van der Waals surface area contributed by atoms with Crippen LogP contribution in [-0.2, 0) is 10.0 Å². The van der Waals surface area contributed by atoms with Crippen LogP contribution in [0, 0.1) is 0 Å². The number of nitrogens with zero attached hydrogens (tertiary/aromatic N) is 1. The normalized spacial score (nSPS) is 11.1. The van der Waals surface area contributed by atoms with Crippen molar-refractivity contribution < 1.29 is 8.42 Å². The van der Waals surface area contributed by atoms with Crippen LogP contribution in [0.15, 0.2) is 18.2 Å². The fourth-order valence-corrected chi connectivity index (χ4v) is 1.65. The molecule has 0 unspecified atom stereocenters. The molecule has 8 heteroatoms. The number of nitrogens with one attached hydrogen (secondary N) is 2. The Labute approximate surface area is 94.3 Å². The maximum atomic E-state index is 10.7. The SMILES string of the molecule is NNc1cccc(NCCCS(N)(=O)=O)n1. The number of sulfonamides is 1. The summed E-state index contributed by atoms with van der Waals surface area (Å²) in [6.45, 7) is 0.484. The van der Waals surface area contributed by atoms with E-state index in [1.807, 2.05) is 0 Å². The van der Waals surface area contributed by atoms with Gasteiger partial charge in [0.25, 0.3) is 0 Å². The van der Waals surface area contributed by atoms with E-state index in [2.05, 4.69) is 15.7 Å². The van der Waals surface area contributed by atoms with E-state index in [4.69, 9.17) is 11.0 Å².